The number of anilines is 1. The Balaban J connectivity index is 2.53. The number of nitrogens with one attached hydrogen (secondary N) is 1. The number of amides is 1. The highest BCUT2D eigenvalue weighted by Crippen LogP contribution is 2.19. The molecule has 1 amide bonds. The van der Waals surface area contributed by atoms with Crippen LogP contribution in [0.25, 0.3) is 0 Å². The summed E-state index contributed by atoms with van der Waals surface area (Å²) in [5.41, 5.74) is 0.535. The van der Waals surface area contributed by atoms with E-state index in [0.717, 1.165) is 0 Å². The van der Waals surface area contributed by atoms with Gasteiger partial charge in [-0.2, -0.15) is 5.26 Å². The van der Waals surface area contributed by atoms with Crippen LogP contribution >= 0.6 is 11.8 Å². The number of pyridine rings is 1. The lowest BCUT2D eigenvalue weighted by atomic mass is 10.4. The number of carbonyl (C=O) groups is 1. The second-order valence-electron chi connectivity index (χ2n) is 2.76. The van der Waals surface area contributed by atoms with Gasteiger partial charge < -0.3 is 10.1 Å². The van der Waals surface area contributed by atoms with E-state index in [1.165, 1.54) is 18.9 Å². The lowest BCUT2D eigenvalue weighted by molar-refractivity contribution is -0.113. The van der Waals surface area contributed by atoms with E-state index in [0.29, 0.717) is 17.3 Å². The molecule has 0 radical (unpaired) electrons. The molecule has 0 fully saturated rings. The summed E-state index contributed by atoms with van der Waals surface area (Å²) in [5, 5.41) is 11.0. The van der Waals surface area contributed by atoms with Crippen LogP contribution in [0.15, 0.2) is 18.3 Å². The normalized spacial score (nSPS) is 9.25. The molecule has 0 saturated carbocycles. The minimum absolute atomic E-state index is 0.174. The maximum Gasteiger partial charge on any atom is 0.237 e. The van der Waals surface area contributed by atoms with Gasteiger partial charge in [-0.3, -0.25) is 4.79 Å². The lowest BCUT2D eigenvalue weighted by Gasteiger charge is -2.07. The number of hydrogen-bond acceptors (Lipinski definition) is 5. The van der Waals surface area contributed by atoms with Gasteiger partial charge in [0.2, 0.25) is 11.8 Å². The summed E-state index contributed by atoms with van der Waals surface area (Å²) in [7, 11) is 1.49. The molecule has 1 aromatic heterocycles. The quantitative estimate of drug-likeness (QED) is 0.781. The summed E-state index contributed by atoms with van der Waals surface area (Å²) in [4.78, 5) is 15.4. The number of nitriles is 1. The summed E-state index contributed by atoms with van der Waals surface area (Å²) < 4.78 is 4.99. The fourth-order valence-electron chi connectivity index (χ4n) is 1.02. The molecule has 0 bridgehead atoms. The topological polar surface area (TPSA) is 75.0 Å². The molecular weight excluding hydrogens is 226 g/mol. The molecule has 0 spiro atoms. The second kappa shape index (κ2) is 6.69. The van der Waals surface area contributed by atoms with Crippen LogP contribution in [0.5, 0.6) is 5.88 Å². The highest BCUT2D eigenvalue weighted by atomic mass is 32.2. The van der Waals surface area contributed by atoms with Crippen molar-refractivity contribution in [3.05, 3.63) is 18.3 Å². The highest BCUT2D eigenvalue weighted by molar-refractivity contribution is 8.00. The van der Waals surface area contributed by atoms with Crippen LogP contribution in [0.1, 0.15) is 0 Å². The van der Waals surface area contributed by atoms with E-state index in [9.17, 15) is 4.79 Å². The molecule has 0 aliphatic rings. The summed E-state index contributed by atoms with van der Waals surface area (Å²) in [6.07, 6.45) is 1.58. The first-order valence-electron chi connectivity index (χ1n) is 4.51. The van der Waals surface area contributed by atoms with Crippen molar-refractivity contribution in [2.75, 3.05) is 23.9 Å². The number of carbonyl (C=O) groups excluding carboxylic acids is 1. The Kier molecular flexibility index (Phi) is 5.16. The SMILES string of the molecule is COc1ncccc1NC(=O)CSCC#N. The van der Waals surface area contributed by atoms with Crippen LogP contribution in [-0.4, -0.2) is 29.5 Å². The fourth-order valence-corrected chi connectivity index (χ4v) is 1.48. The Labute approximate surface area is 97.8 Å². The molecule has 0 aliphatic heterocycles. The molecule has 0 unspecified atom stereocenters. The Morgan fingerprint density at radius 3 is 3.25 bits per heavy atom. The predicted molar refractivity (Wildman–Crippen MR) is 62.4 cm³/mol. The van der Waals surface area contributed by atoms with Crippen molar-refractivity contribution in [3.8, 4) is 11.9 Å². The molecule has 6 heteroatoms. The van der Waals surface area contributed by atoms with Gasteiger partial charge in [-0.1, -0.05) is 0 Å². The van der Waals surface area contributed by atoms with Crippen molar-refractivity contribution in [3.63, 3.8) is 0 Å². The summed E-state index contributed by atoms with van der Waals surface area (Å²) in [6, 6.07) is 5.37. The van der Waals surface area contributed by atoms with E-state index in [-0.39, 0.29) is 11.7 Å². The van der Waals surface area contributed by atoms with Crippen LogP contribution in [0.4, 0.5) is 5.69 Å². The zero-order chi connectivity index (χ0) is 11.8. The van der Waals surface area contributed by atoms with Crippen molar-refractivity contribution < 1.29 is 9.53 Å². The largest absolute Gasteiger partial charge is 0.480 e. The third-order valence-electron chi connectivity index (χ3n) is 1.64. The van der Waals surface area contributed by atoms with Crippen LogP contribution in [0.3, 0.4) is 0 Å². The minimum Gasteiger partial charge on any atom is -0.480 e. The summed E-state index contributed by atoms with van der Waals surface area (Å²) >= 11 is 1.26. The maximum absolute atomic E-state index is 11.4. The fraction of sp³-hybridized carbons (Fsp3) is 0.300. The van der Waals surface area contributed by atoms with E-state index in [4.69, 9.17) is 10.00 Å². The van der Waals surface area contributed by atoms with Gasteiger partial charge in [-0.15, -0.1) is 11.8 Å². The van der Waals surface area contributed by atoms with Crippen LogP contribution in [0, 0.1) is 11.3 Å². The molecule has 0 aromatic carbocycles. The van der Waals surface area contributed by atoms with E-state index < -0.39 is 0 Å². The monoisotopic (exact) mass is 237 g/mol. The van der Waals surface area contributed by atoms with Gasteiger partial charge >= 0.3 is 0 Å². The molecule has 84 valence electrons. The van der Waals surface area contributed by atoms with Crippen LogP contribution < -0.4 is 10.1 Å². The molecule has 1 N–H and O–H groups in total. The minimum atomic E-state index is -0.174. The van der Waals surface area contributed by atoms with Gasteiger partial charge in [-0.25, -0.2) is 4.98 Å². The van der Waals surface area contributed by atoms with Gasteiger partial charge in [0.05, 0.1) is 24.7 Å². The molecule has 5 nitrogen and oxygen atoms in total. The molecule has 16 heavy (non-hydrogen) atoms. The van der Waals surface area contributed by atoms with Crippen molar-refractivity contribution in [1.82, 2.24) is 4.98 Å². The Bertz CT molecular complexity index is 403. The Morgan fingerprint density at radius 1 is 1.75 bits per heavy atom. The summed E-state index contributed by atoms with van der Waals surface area (Å²) in [5.74, 6) is 0.746. The smallest absolute Gasteiger partial charge is 0.237 e. The molecule has 0 saturated heterocycles. The van der Waals surface area contributed by atoms with Gasteiger partial charge in [-0.05, 0) is 12.1 Å². The molecule has 0 aliphatic carbocycles. The first kappa shape index (κ1) is 12.3. The van der Waals surface area contributed by atoms with Gasteiger partial charge in [0.1, 0.15) is 5.69 Å². The van der Waals surface area contributed by atoms with Crippen molar-refractivity contribution in [1.29, 1.82) is 5.26 Å². The van der Waals surface area contributed by atoms with E-state index in [2.05, 4.69) is 10.3 Å². The number of nitrogens with zero attached hydrogens (tertiary/aromatic N) is 2. The molecule has 1 rings (SSSR count). The van der Waals surface area contributed by atoms with Crippen LogP contribution in [0.2, 0.25) is 0 Å². The van der Waals surface area contributed by atoms with Gasteiger partial charge in [0.15, 0.2) is 0 Å². The Morgan fingerprint density at radius 2 is 2.56 bits per heavy atom. The third kappa shape index (κ3) is 3.79. The standard InChI is InChI=1S/C10H11N3O2S/c1-15-10-8(3-2-5-12-10)13-9(14)7-16-6-4-11/h2-3,5H,6-7H2,1H3,(H,13,14). The van der Waals surface area contributed by atoms with Gasteiger partial charge in [0, 0.05) is 6.20 Å². The molecule has 1 aromatic rings. The Hall–Kier alpha value is -1.74. The molecular formula is C10H11N3O2S. The first-order chi connectivity index (χ1) is 7.77. The van der Waals surface area contributed by atoms with Crippen molar-refractivity contribution in [2.45, 2.75) is 0 Å². The number of thioether (sulfide) groups is 1. The maximum atomic E-state index is 11.4. The number of ether oxygens (including phenoxy) is 1. The van der Waals surface area contributed by atoms with Crippen LogP contribution in [-0.2, 0) is 4.79 Å². The highest BCUT2D eigenvalue weighted by Gasteiger charge is 2.07. The first-order valence-corrected chi connectivity index (χ1v) is 5.67. The van der Waals surface area contributed by atoms with Gasteiger partial charge in [0.25, 0.3) is 0 Å². The lowest BCUT2D eigenvalue weighted by Crippen LogP contribution is -2.15. The predicted octanol–water partition coefficient (Wildman–Crippen LogP) is 1.29. The van der Waals surface area contributed by atoms with E-state index in [1.54, 1.807) is 18.3 Å². The average Bonchev–Trinajstić information content (AvgIpc) is 2.30. The second-order valence-corrected chi connectivity index (χ2v) is 3.74. The van der Waals surface area contributed by atoms with E-state index >= 15 is 0 Å². The number of hydrogen-bond donors (Lipinski definition) is 1. The molecule has 0 atom stereocenters. The van der Waals surface area contributed by atoms with E-state index in [1.807, 2.05) is 6.07 Å². The average molecular weight is 237 g/mol. The summed E-state index contributed by atoms with van der Waals surface area (Å²) in [6.45, 7) is 0. The number of aromatic nitrogens is 1. The van der Waals surface area contributed by atoms with Crippen molar-refractivity contribution in [2.24, 2.45) is 0 Å². The number of methoxy groups -OCH3 is 1. The zero-order valence-corrected chi connectivity index (χ0v) is 9.58. The third-order valence-corrected chi connectivity index (χ3v) is 2.44. The molecule has 1 heterocycles. The number of rotatable bonds is 5. The zero-order valence-electron chi connectivity index (χ0n) is 8.77. The van der Waals surface area contributed by atoms with Crippen molar-refractivity contribution >= 4 is 23.4 Å².